The first-order valence-electron chi connectivity index (χ1n) is 16.0. The maximum atomic E-state index is 14.8. The van der Waals surface area contributed by atoms with Crippen molar-refractivity contribution in [3.63, 3.8) is 0 Å². The minimum Gasteiger partial charge on any atom is -0.465 e. The van der Waals surface area contributed by atoms with E-state index < -0.39 is 41.1 Å². The van der Waals surface area contributed by atoms with Crippen molar-refractivity contribution in [2.24, 2.45) is 17.8 Å². The zero-order valence-corrected chi connectivity index (χ0v) is 26.2. The second kappa shape index (κ2) is 12.4. The number of carbonyl (C=O) groups excluding carboxylic acids is 3. The molecule has 1 aromatic carbocycles. The van der Waals surface area contributed by atoms with Gasteiger partial charge in [-0.25, -0.2) is 0 Å². The summed E-state index contributed by atoms with van der Waals surface area (Å²) in [5.74, 6) is -3.06. The maximum Gasteiger partial charge on any atom is 0.313 e. The number of carbonyl (C=O) groups is 3. The van der Waals surface area contributed by atoms with Gasteiger partial charge in [0.05, 0.1) is 25.2 Å². The Morgan fingerprint density at radius 3 is 2.35 bits per heavy atom. The molecule has 1 spiro atoms. The van der Waals surface area contributed by atoms with Crippen LogP contribution in [0.25, 0.3) is 0 Å². The fraction of sp³-hybridized carbons (Fsp3) is 0.618. The lowest BCUT2D eigenvalue weighted by atomic mass is 9.73. The smallest absolute Gasteiger partial charge is 0.313 e. The van der Waals surface area contributed by atoms with Crippen molar-refractivity contribution < 1.29 is 29.0 Å². The molecule has 0 radical (unpaired) electrons. The molecule has 2 saturated heterocycles. The van der Waals surface area contributed by atoms with Crippen LogP contribution in [-0.4, -0.2) is 83.9 Å². The monoisotopic (exact) mass is 593 g/mol. The Balaban J connectivity index is 1.65. The second-order valence-electron chi connectivity index (χ2n) is 12.3. The quantitative estimate of drug-likeness (QED) is 0.340. The van der Waals surface area contributed by atoms with Crippen molar-refractivity contribution in [2.45, 2.75) is 83.6 Å². The van der Waals surface area contributed by atoms with E-state index in [9.17, 15) is 19.5 Å². The van der Waals surface area contributed by atoms with Gasteiger partial charge in [0.1, 0.15) is 23.2 Å². The number of amides is 2. The topological polar surface area (TPSA) is 99.6 Å². The average Bonchev–Trinajstić information content (AvgIpc) is 3.40. The fourth-order valence-electron chi connectivity index (χ4n) is 7.65. The van der Waals surface area contributed by atoms with E-state index in [4.69, 9.17) is 9.47 Å². The summed E-state index contributed by atoms with van der Waals surface area (Å²) in [4.78, 5) is 48.8. The third-order valence-corrected chi connectivity index (χ3v) is 10.2. The predicted molar refractivity (Wildman–Crippen MR) is 166 cm³/mol. The number of aliphatic hydroxyl groups excluding tert-OH is 1. The van der Waals surface area contributed by atoms with Crippen LogP contribution in [0.2, 0.25) is 0 Å². The molecular formula is C34H47N3O6. The van der Waals surface area contributed by atoms with E-state index in [0.717, 1.165) is 25.2 Å². The third kappa shape index (κ3) is 4.98. The van der Waals surface area contributed by atoms with Crippen LogP contribution < -0.4 is 9.80 Å². The van der Waals surface area contributed by atoms with Gasteiger partial charge in [-0.1, -0.05) is 51.5 Å². The number of allylic oxidation sites excluding steroid dienone is 1. The number of esters is 1. The molecule has 5 rings (SSSR count). The van der Waals surface area contributed by atoms with Gasteiger partial charge in [0, 0.05) is 31.0 Å². The molecule has 0 aromatic heterocycles. The molecule has 4 heterocycles. The Labute approximate surface area is 255 Å². The summed E-state index contributed by atoms with van der Waals surface area (Å²) >= 11 is 0. The summed E-state index contributed by atoms with van der Waals surface area (Å²) in [6.45, 7) is 12.1. The minimum atomic E-state index is -1.39. The van der Waals surface area contributed by atoms with Crippen molar-refractivity contribution in [3.05, 3.63) is 48.6 Å². The molecule has 1 N–H and O–H groups in total. The van der Waals surface area contributed by atoms with Crippen molar-refractivity contribution in [1.82, 2.24) is 4.90 Å². The Hall–Kier alpha value is -3.17. The lowest BCUT2D eigenvalue weighted by molar-refractivity contribution is -0.161. The van der Waals surface area contributed by atoms with Crippen LogP contribution in [0.3, 0.4) is 0 Å². The van der Waals surface area contributed by atoms with Gasteiger partial charge < -0.3 is 29.3 Å². The zero-order valence-electron chi connectivity index (χ0n) is 26.2. The molecule has 1 aromatic rings. The Kier molecular flexibility index (Phi) is 9.05. The number of aliphatic hydroxyl groups is 1. The molecular weight excluding hydrogens is 546 g/mol. The largest absolute Gasteiger partial charge is 0.465 e. The summed E-state index contributed by atoms with van der Waals surface area (Å²) in [6.07, 6.45) is 10.2. The molecule has 2 fully saturated rings. The van der Waals surface area contributed by atoms with Crippen molar-refractivity contribution in [3.8, 4) is 0 Å². The van der Waals surface area contributed by atoms with Crippen LogP contribution in [0.4, 0.5) is 11.4 Å². The SMILES string of the molecule is CC[C@H](C)[C@H](CO)N1C(=O)[C@@H]2[C@H]3C(=O)OCCC/C=C\[C@@]3(CC)O[C@@]23C=CCN(c2ccc(N(CC)CC)cc2)C(=O)C13. The number of likely N-dealkylation sites (tertiary alicyclic amines) is 1. The van der Waals surface area contributed by atoms with Gasteiger partial charge in [0.15, 0.2) is 0 Å². The molecule has 2 amide bonds. The zero-order chi connectivity index (χ0) is 30.9. The van der Waals surface area contributed by atoms with E-state index >= 15 is 0 Å². The van der Waals surface area contributed by atoms with Crippen LogP contribution >= 0.6 is 0 Å². The van der Waals surface area contributed by atoms with Crippen LogP contribution in [0, 0.1) is 17.8 Å². The lowest BCUT2D eigenvalue weighted by Crippen LogP contribution is -2.60. The van der Waals surface area contributed by atoms with Crippen LogP contribution in [-0.2, 0) is 23.9 Å². The number of anilines is 2. The van der Waals surface area contributed by atoms with Gasteiger partial charge in [-0.15, -0.1) is 0 Å². The Morgan fingerprint density at radius 1 is 1.00 bits per heavy atom. The highest BCUT2D eigenvalue weighted by Gasteiger charge is 2.76. The van der Waals surface area contributed by atoms with Gasteiger partial charge in [0.2, 0.25) is 5.91 Å². The number of hydrogen-bond donors (Lipinski definition) is 1. The molecule has 9 heteroatoms. The van der Waals surface area contributed by atoms with Gasteiger partial charge in [-0.05, 0) is 63.3 Å². The van der Waals surface area contributed by atoms with Gasteiger partial charge in [0.25, 0.3) is 5.91 Å². The van der Waals surface area contributed by atoms with E-state index in [1.165, 1.54) is 0 Å². The number of rotatable bonds is 9. The van der Waals surface area contributed by atoms with Crippen molar-refractivity contribution in [1.29, 1.82) is 0 Å². The molecule has 43 heavy (non-hydrogen) atoms. The summed E-state index contributed by atoms with van der Waals surface area (Å²) in [7, 11) is 0. The average molecular weight is 594 g/mol. The molecule has 7 atom stereocenters. The summed E-state index contributed by atoms with van der Waals surface area (Å²) in [6, 6.07) is 6.23. The van der Waals surface area contributed by atoms with Gasteiger partial charge >= 0.3 is 5.97 Å². The maximum absolute atomic E-state index is 14.8. The summed E-state index contributed by atoms with van der Waals surface area (Å²) in [5, 5.41) is 10.6. The van der Waals surface area contributed by atoms with E-state index in [2.05, 4.69) is 18.7 Å². The number of cyclic esters (lactones) is 1. The van der Waals surface area contributed by atoms with E-state index in [-0.39, 0.29) is 37.5 Å². The number of ether oxygens (including phenoxy) is 2. The summed E-state index contributed by atoms with van der Waals surface area (Å²) < 4.78 is 12.8. The summed E-state index contributed by atoms with van der Waals surface area (Å²) in [5.41, 5.74) is -0.705. The first-order chi connectivity index (χ1) is 20.7. The number of hydrogen-bond acceptors (Lipinski definition) is 7. The van der Waals surface area contributed by atoms with E-state index in [0.29, 0.717) is 24.9 Å². The third-order valence-electron chi connectivity index (χ3n) is 10.2. The van der Waals surface area contributed by atoms with Crippen LogP contribution in [0.1, 0.15) is 60.3 Å². The lowest BCUT2D eigenvalue weighted by Gasteiger charge is -2.42. The second-order valence-corrected chi connectivity index (χ2v) is 12.3. The number of benzene rings is 1. The van der Waals surface area contributed by atoms with Crippen molar-refractivity contribution in [2.75, 3.05) is 42.6 Å². The van der Waals surface area contributed by atoms with Crippen LogP contribution in [0.15, 0.2) is 48.6 Å². The first kappa shape index (κ1) is 31.3. The first-order valence-corrected chi connectivity index (χ1v) is 16.0. The molecule has 0 bridgehead atoms. The predicted octanol–water partition coefficient (Wildman–Crippen LogP) is 4.10. The Bertz CT molecular complexity index is 1260. The molecule has 1 unspecified atom stereocenters. The van der Waals surface area contributed by atoms with Crippen molar-refractivity contribution >= 4 is 29.2 Å². The highest BCUT2D eigenvalue weighted by molar-refractivity contribution is 6.06. The van der Waals surface area contributed by atoms with Crippen LogP contribution in [0.5, 0.6) is 0 Å². The number of nitrogens with zero attached hydrogens (tertiary/aromatic N) is 3. The van der Waals surface area contributed by atoms with E-state index in [1.807, 2.05) is 69.3 Å². The van der Waals surface area contributed by atoms with Gasteiger partial charge in [-0.2, -0.15) is 0 Å². The molecule has 0 aliphatic carbocycles. The highest BCUT2D eigenvalue weighted by Crippen LogP contribution is 2.59. The van der Waals surface area contributed by atoms with E-state index in [1.54, 1.807) is 9.80 Å². The molecule has 9 nitrogen and oxygen atoms in total. The normalized spacial score (nSPS) is 32.5. The minimum absolute atomic E-state index is 0.0880. The van der Waals surface area contributed by atoms with Gasteiger partial charge in [-0.3, -0.25) is 14.4 Å². The highest BCUT2D eigenvalue weighted by atomic mass is 16.6. The standard InChI is InChI=1S/C34H47N3O6/c1-6-23(5)26(22-38)37-29-31(40)36(25-16-14-24(15-17-25)35(8-3)9-4)20-13-19-34(29)27(30(37)39)28-32(41)42-21-12-10-11-18-33(28,7-2)43-34/h11,13-19,23,26-29,38H,6-10,12,20-22H2,1-5H3/b18-11-/t23-,26-,27-,28-,29?,33+,34-/m0/s1. The Morgan fingerprint density at radius 2 is 1.72 bits per heavy atom. The molecule has 4 aliphatic rings. The number of fused-ring (bicyclic) bond motifs is 2. The molecule has 0 saturated carbocycles. The molecule has 4 aliphatic heterocycles. The fourth-order valence-corrected chi connectivity index (χ4v) is 7.65. The molecule has 234 valence electrons.